The van der Waals surface area contributed by atoms with Gasteiger partial charge < -0.3 is 10.8 Å². The van der Waals surface area contributed by atoms with Gasteiger partial charge >= 0.3 is 5.97 Å². The molecule has 1 aromatic rings. The smallest absolute Gasteiger partial charge is 0.305 e. The molecule has 0 saturated carbocycles. The van der Waals surface area contributed by atoms with E-state index in [9.17, 15) is 4.79 Å². The predicted molar refractivity (Wildman–Crippen MR) is 53.0 cm³/mol. The van der Waals surface area contributed by atoms with Gasteiger partial charge in [-0.2, -0.15) is 0 Å². The standard InChI is InChI=1S/C9H11ClN2O2/c1-9(11,4-8(13)14)6-2-3-7(10)12-5-6/h2-3,5H,4,11H2,1H3,(H,13,14). The molecule has 3 N–H and O–H groups in total. The highest BCUT2D eigenvalue weighted by Gasteiger charge is 2.24. The molecule has 4 nitrogen and oxygen atoms in total. The highest BCUT2D eigenvalue weighted by molar-refractivity contribution is 6.29. The molecule has 0 spiro atoms. The van der Waals surface area contributed by atoms with Gasteiger partial charge in [0.05, 0.1) is 12.0 Å². The minimum atomic E-state index is -0.940. The molecular weight excluding hydrogens is 204 g/mol. The average Bonchev–Trinajstić information content (AvgIpc) is 2.02. The number of halogens is 1. The van der Waals surface area contributed by atoms with Gasteiger partial charge in [-0.1, -0.05) is 17.7 Å². The third kappa shape index (κ3) is 2.68. The molecule has 1 unspecified atom stereocenters. The number of carbonyl (C=O) groups is 1. The third-order valence-corrected chi connectivity index (χ3v) is 2.13. The zero-order valence-corrected chi connectivity index (χ0v) is 8.45. The monoisotopic (exact) mass is 214 g/mol. The summed E-state index contributed by atoms with van der Waals surface area (Å²) < 4.78 is 0. The molecule has 5 heteroatoms. The number of aromatic nitrogens is 1. The summed E-state index contributed by atoms with van der Waals surface area (Å²) >= 11 is 5.60. The maximum Gasteiger partial charge on any atom is 0.305 e. The fourth-order valence-electron chi connectivity index (χ4n) is 1.13. The second-order valence-electron chi connectivity index (χ2n) is 3.36. The number of carboxylic acid groups (broad SMARTS) is 1. The first-order valence-electron chi connectivity index (χ1n) is 4.04. The number of hydrogen-bond acceptors (Lipinski definition) is 3. The van der Waals surface area contributed by atoms with E-state index in [0.717, 1.165) is 0 Å². The molecule has 76 valence electrons. The summed E-state index contributed by atoms with van der Waals surface area (Å²) in [5, 5.41) is 9.00. The summed E-state index contributed by atoms with van der Waals surface area (Å²) in [6, 6.07) is 3.27. The second-order valence-corrected chi connectivity index (χ2v) is 3.74. The Kier molecular flexibility index (Phi) is 3.08. The van der Waals surface area contributed by atoms with Crippen LogP contribution in [-0.2, 0) is 10.3 Å². The van der Waals surface area contributed by atoms with Crippen molar-refractivity contribution < 1.29 is 9.90 Å². The molecule has 14 heavy (non-hydrogen) atoms. The number of carboxylic acids is 1. The average molecular weight is 215 g/mol. The van der Waals surface area contributed by atoms with Gasteiger partial charge in [-0.25, -0.2) is 4.98 Å². The molecular formula is C9H11ClN2O2. The quantitative estimate of drug-likeness (QED) is 0.746. The van der Waals surface area contributed by atoms with Gasteiger partial charge in [-0.3, -0.25) is 4.79 Å². The van der Waals surface area contributed by atoms with Gasteiger partial charge in [-0.05, 0) is 18.6 Å². The van der Waals surface area contributed by atoms with Crippen LogP contribution in [0.2, 0.25) is 5.15 Å². The van der Waals surface area contributed by atoms with Gasteiger partial charge in [0.1, 0.15) is 5.15 Å². The maximum absolute atomic E-state index is 10.5. The SMILES string of the molecule is CC(N)(CC(=O)O)c1ccc(Cl)nc1. The number of rotatable bonds is 3. The molecule has 0 aliphatic carbocycles. The van der Waals surface area contributed by atoms with Crippen LogP contribution in [0.4, 0.5) is 0 Å². The third-order valence-electron chi connectivity index (χ3n) is 1.91. The van der Waals surface area contributed by atoms with E-state index >= 15 is 0 Å². The van der Waals surface area contributed by atoms with Crippen molar-refractivity contribution in [3.8, 4) is 0 Å². The Morgan fingerprint density at radius 2 is 2.36 bits per heavy atom. The molecule has 1 rings (SSSR count). The largest absolute Gasteiger partial charge is 0.481 e. The molecule has 0 amide bonds. The lowest BCUT2D eigenvalue weighted by Crippen LogP contribution is -2.35. The van der Waals surface area contributed by atoms with E-state index < -0.39 is 11.5 Å². The predicted octanol–water partition coefficient (Wildman–Crippen LogP) is 1.38. The van der Waals surface area contributed by atoms with Crippen LogP contribution in [0.15, 0.2) is 18.3 Å². The van der Waals surface area contributed by atoms with Crippen LogP contribution in [-0.4, -0.2) is 16.1 Å². The van der Waals surface area contributed by atoms with E-state index in [0.29, 0.717) is 10.7 Å². The van der Waals surface area contributed by atoms with Crippen LogP contribution in [0.5, 0.6) is 0 Å². The van der Waals surface area contributed by atoms with Crippen molar-refractivity contribution in [3.63, 3.8) is 0 Å². The fourth-order valence-corrected chi connectivity index (χ4v) is 1.24. The Labute approximate surface area is 86.7 Å². The normalized spacial score (nSPS) is 14.8. The second kappa shape index (κ2) is 3.94. The zero-order chi connectivity index (χ0) is 10.8. The van der Waals surface area contributed by atoms with E-state index in [2.05, 4.69) is 4.98 Å². The van der Waals surface area contributed by atoms with E-state index in [4.69, 9.17) is 22.4 Å². The first-order valence-corrected chi connectivity index (χ1v) is 4.42. The zero-order valence-electron chi connectivity index (χ0n) is 7.70. The van der Waals surface area contributed by atoms with Gasteiger partial charge in [-0.15, -0.1) is 0 Å². The number of pyridine rings is 1. The van der Waals surface area contributed by atoms with Gasteiger partial charge in [0.25, 0.3) is 0 Å². The number of hydrogen-bond donors (Lipinski definition) is 2. The number of nitrogens with zero attached hydrogens (tertiary/aromatic N) is 1. The lowest BCUT2D eigenvalue weighted by Gasteiger charge is -2.22. The Morgan fingerprint density at radius 3 is 2.79 bits per heavy atom. The Hall–Kier alpha value is -1.13. The van der Waals surface area contributed by atoms with E-state index in [1.165, 1.54) is 6.20 Å². The van der Waals surface area contributed by atoms with Crippen molar-refractivity contribution in [2.45, 2.75) is 18.9 Å². The molecule has 0 bridgehead atoms. The lowest BCUT2D eigenvalue weighted by atomic mass is 9.91. The summed E-state index contributed by atoms with van der Waals surface area (Å²) in [6.07, 6.45) is 1.35. The van der Waals surface area contributed by atoms with Gasteiger partial charge in [0.15, 0.2) is 0 Å². The molecule has 1 heterocycles. The molecule has 0 saturated heterocycles. The summed E-state index contributed by atoms with van der Waals surface area (Å²) in [7, 11) is 0. The molecule has 1 aromatic heterocycles. The van der Waals surface area contributed by atoms with Crippen LogP contribution in [0.25, 0.3) is 0 Å². The van der Waals surface area contributed by atoms with Crippen LogP contribution in [0.3, 0.4) is 0 Å². The Morgan fingerprint density at radius 1 is 1.71 bits per heavy atom. The van der Waals surface area contributed by atoms with Gasteiger partial charge in [0.2, 0.25) is 0 Å². The fraction of sp³-hybridized carbons (Fsp3) is 0.333. The Bertz CT molecular complexity index is 335. The van der Waals surface area contributed by atoms with E-state index in [1.807, 2.05) is 0 Å². The molecule has 0 radical (unpaired) electrons. The Balaban J connectivity index is 2.91. The summed E-state index contributed by atoms with van der Waals surface area (Å²) in [5.74, 6) is -0.940. The molecule has 0 aromatic carbocycles. The number of aliphatic carboxylic acids is 1. The van der Waals surface area contributed by atoms with Gasteiger partial charge in [0, 0.05) is 6.20 Å². The lowest BCUT2D eigenvalue weighted by molar-refractivity contribution is -0.138. The van der Waals surface area contributed by atoms with Crippen LogP contribution < -0.4 is 5.73 Å². The first kappa shape index (κ1) is 10.9. The minimum absolute atomic E-state index is 0.143. The minimum Gasteiger partial charge on any atom is -0.481 e. The van der Waals surface area contributed by atoms with Crippen molar-refractivity contribution in [1.29, 1.82) is 0 Å². The number of nitrogens with two attached hydrogens (primary N) is 1. The molecule has 0 aliphatic rings. The molecule has 0 fully saturated rings. The van der Waals surface area contributed by atoms with Crippen molar-refractivity contribution in [2.75, 3.05) is 0 Å². The highest BCUT2D eigenvalue weighted by Crippen LogP contribution is 2.21. The van der Waals surface area contributed by atoms with Crippen molar-refractivity contribution in [1.82, 2.24) is 4.98 Å². The summed E-state index contributed by atoms with van der Waals surface area (Å²) in [5.41, 5.74) is 5.57. The van der Waals surface area contributed by atoms with E-state index in [-0.39, 0.29) is 6.42 Å². The summed E-state index contributed by atoms with van der Waals surface area (Å²) in [4.78, 5) is 14.4. The topological polar surface area (TPSA) is 76.2 Å². The highest BCUT2D eigenvalue weighted by atomic mass is 35.5. The molecule has 1 atom stereocenters. The van der Waals surface area contributed by atoms with Crippen molar-refractivity contribution >= 4 is 17.6 Å². The van der Waals surface area contributed by atoms with E-state index in [1.54, 1.807) is 19.1 Å². The van der Waals surface area contributed by atoms with Crippen LogP contribution in [0, 0.1) is 0 Å². The van der Waals surface area contributed by atoms with Crippen molar-refractivity contribution in [3.05, 3.63) is 29.0 Å². The van der Waals surface area contributed by atoms with Crippen molar-refractivity contribution in [2.24, 2.45) is 5.73 Å². The maximum atomic E-state index is 10.5. The molecule has 0 aliphatic heterocycles. The first-order chi connectivity index (χ1) is 6.42. The summed E-state index contributed by atoms with van der Waals surface area (Å²) in [6.45, 7) is 1.64. The van der Waals surface area contributed by atoms with Crippen LogP contribution >= 0.6 is 11.6 Å². The van der Waals surface area contributed by atoms with Crippen LogP contribution in [0.1, 0.15) is 18.9 Å².